The Balaban J connectivity index is 1.50. The highest BCUT2D eigenvalue weighted by atomic mass is 35.5. The summed E-state index contributed by atoms with van der Waals surface area (Å²) in [4.78, 5) is 11.9. The fourth-order valence-corrected chi connectivity index (χ4v) is 2.55. The van der Waals surface area contributed by atoms with E-state index in [9.17, 15) is 13.6 Å². The molecule has 2 aromatic carbocycles. The number of carbonyl (C=O) groups excluding carboxylic acids is 1. The molecule has 0 spiro atoms. The summed E-state index contributed by atoms with van der Waals surface area (Å²) in [6.07, 6.45) is 4.02. The van der Waals surface area contributed by atoms with Gasteiger partial charge in [-0.3, -0.25) is 4.79 Å². The van der Waals surface area contributed by atoms with Crippen molar-refractivity contribution in [2.45, 2.75) is 19.4 Å². The number of nitrogens with one attached hydrogen (secondary N) is 1. The van der Waals surface area contributed by atoms with Crippen molar-refractivity contribution in [1.29, 1.82) is 0 Å². The van der Waals surface area contributed by atoms with E-state index in [1.165, 1.54) is 6.07 Å². The highest BCUT2D eigenvalue weighted by Crippen LogP contribution is 2.14. The molecule has 7 heteroatoms. The van der Waals surface area contributed by atoms with Gasteiger partial charge in [-0.05, 0) is 48.4 Å². The van der Waals surface area contributed by atoms with Crippen molar-refractivity contribution >= 4 is 17.5 Å². The zero-order valence-electron chi connectivity index (χ0n) is 13.8. The summed E-state index contributed by atoms with van der Waals surface area (Å²) in [5.74, 6) is -1.97. The van der Waals surface area contributed by atoms with Crippen molar-refractivity contribution in [3.05, 3.63) is 82.6 Å². The first-order chi connectivity index (χ1) is 12.5. The number of hydrogen-bond donors (Lipinski definition) is 1. The van der Waals surface area contributed by atoms with Gasteiger partial charge >= 0.3 is 0 Å². The summed E-state index contributed by atoms with van der Waals surface area (Å²) < 4.78 is 27.7. The number of aromatic nitrogens is 2. The van der Waals surface area contributed by atoms with Crippen molar-refractivity contribution in [1.82, 2.24) is 15.1 Å². The quantitative estimate of drug-likeness (QED) is 0.706. The highest BCUT2D eigenvalue weighted by Gasteiger charge is 2.07. The van der Waals surface area contributed by atoms with E-state index in [-0.39, 0.29) is 12.3 Å². The molecule has 0 fully saturated rings. The van der Waals surface area contributed by atoms with Crippen LogP contribution in [-0.4, -0.2) is 15.7 Å². The van der Waals surface area contributed by atoms with Gasteiger partial charge in [-0.15, -0.1) is 0 Å². The van der Waals surface area contributed by atoms with Gasteiger partial charge in [0.2, 0.25) is 5.91 Å². The van der Waals surface area contributed by atoms with Gasteiger partial charge in [0.15, 0.2) is 11.6 Å². The summed E-state index contributed by atoms with van der Waals surface area (Å²) in [7, 11) is 0. The Labute approximate surface area is 154 Å². The number of aryl methyl sites for hydroxylation is 1. The molecule has 0 atom stereocenters. The molecule has 4 nitrogen and oxygen atoms in total. The number of nitrogens with zero attached hydrogens (tertiary/aromatic N) is 2. The van der Waals surface area contributed by atoms with Crippen molar-refractivity contribution in [2.24, 2.45) is 0 Å². The minimum absolute atomic E-state index is 0.172. The topological polar surface area (TPSA) is 46.9 Å². The molecule has 3 aromatic rings. The van der Waals surface area contributed by atoms with Crippen LogP contribution >= 0.6 is 11.6 Å². The Morgan fingerprint density at radius 3 is 2.58 bits per heavy atom. The molecular formula is C19H16ClF2N3O. The Bertz CT molecular complexity index is 909. The van der Waals surface area contributed by atoms with Crippen molar-refractivity contribution in [3.8, 4) is 5.69 Å². The molecule has 1 N–H and O–H groups in total. The largest absolute Gasteiger partial charge is 0.352 e. The molecule has 0 aliphatic heterocycles. The second-order valence-corrected chi connectivity index (χ2v) is 6.23. The fraction of sp³-hybridized carbons (Fsp3) is 0.158. The van der Waals surface area contributed by atoms with Gasteiger partial charge in [0.1, 0.15) is 0 Å². The van der Waals surface area contributed by atoms with Crippen molar-refractivity contribution in [3.63, 3.8) is 0 Å². The zero-order chi connectivity index (χ0) is 18.5. The summed E-state index contributed by atoms with van der Waals surface area (Å²) in [5, 5.41) is 7.69. The summed E-state index contributed by atoms with van der Waals surface area (Å²) in [5.41, 5.74) is 2.29. The molecule has 1 aromatic heterocycles. The number of amides is 1. The molecule has 0 bridgehead atoms. The van der Waals surface area contributed by atoms with E-state index in [4.69, 9.17) is 11.6 Å². The number of halogens is 3. The lowest BCUT2D eigenvalue weighted by Crippen LogP contribution is -2.22. The minimum atomic E-state index is -0.905. The van der Waals surface area contributed by atoms with Crippen LogP contribution in [0.5, 0.6) is 0 Å². The van der Waals surface area contributed by atoms with E-state index in [0.717, 1.165) is 23.4 Å². The maximum atomic E-state index is 13.1. The van der Waals surface area contributed by atoms with Crippen molar-refractivity contribution in [2.75, 3.05) is 0 Å². The molecule has 26 heavy (non-hydrogen) atoms. The Morgan fingerprint density at radius 2 is 1.85 bits per heavy atom. The molecule has 0 saturated heterocycles. The minimum Gasteiger partial charge on any atom is -0.352 e. The van der Waals surface area contributed by atoms with Crippen LogP contribution in [0.25, 0.3) is 5.69 Å². The summed E-state index contributed by atoms with van der Waals surface area (Å²) in [6.45, 7) is 0.338. The maximum absolute atomic E-state index is 13.1. The second-order valence-electron chi connectivity index (χ2n) is 5.79. The third kappa shape index (κ3) is 4.67. The first-order valence-corrected chi connectivity index (χ1v) is 8.39. The number of benzene rings is 2. The molecule has 0 aliphatic rings. The molecule has 0 aliphatic carbocycles. The van der Waals surface area contributed by atoms with Gasteiger partial charge in [0.25, 0.3) is 0 Å². The molecular weight excluding hydrogens is 360 g/mol. The SMILES string of the molecule is O=C(CCc1ccc(F)c(F)c1)NCc1cnn(-c2ccc(Cl)cc2)c1. The third-order valence-electron chi connectivity index (χ3n) is 3.84. The number of rotatable bonds is 6. The van der Waals surface area contributed by atoms with Crippen LogP contribution in [0.4, 0.5) is 8.78 Å². The van der Waals surface area contributed by atoms with Gasteiger partial charge in [-0.1, -0.05) is 17.7 Å². The average molecular weight is 376 g/mol. The van der Waals surface area contributed by atoms with Crippen LogP contribution in [0.2, 0.25) is 5.02 Å². The van der Waals surface area contributed by atoms with Crippen molar-refractivity contribution < 1.29 is 13.6 Å². The van der Waals surface area contributed by atoms with Gasteiger partial charge in [0.05, 0.1) is 11.9 Å². The van der Waals surface area contributed by atoms with E-state index >= 15 is 0 Å². The first kappa shape index (κ1) is 18.1. The predicted molar refractivity (Wildman–Crippen MR) is 95.1 cm³/mol. The molecule has 1 amide bonds. The normalized spacial score (nSPS) is 10.7. The molecule has 1 heterocycles. The van der Waals surface area contributed by atoms with E-state index in [1.54, 1.807) is 23.0 Å². The van der Waals surface area contributed by atoms with Crippen LogP contribution in [0.3, 0.4) is 0 Å². The van der Waals surface area contributed by atoms with Crippen LogP contribution in [0.1, 0.15) is 17.5 Å². The molecule has 0 radical (unpaired) electrons. The molecule has 0 saturated carbocycles. The summed E-state index contributed by atoms with van der Waals surface area (Å²) >= 11 is 5.86. The van der Waals surface area contributed by atoms with Gasteiger partial charge < -0.3 is 5.32 Å². The van der Waals surface area contributed by atoms with Gasteiger partial charge in [-0.25, -0.2) is 13.5 Å². The zero-order valence-corrected chi connectivity index (χ0v) is 14.5. The Kier molecular flexibility index (Phi) is 5.63. The van der Waals surface area contributed by atoms with Crippen LogP contribution in [-0.2, 0) is 17.8 Å². The average Bonchev–Trinajstić information content (AvgIpc) is 3.10. The first-order valence-electron chi connectivity index (χ1n) is 8.01. The van der Waals surface area contributed by atoms with Crippen LogP contribution < -0.4 is 5.32 Å². The second kappa shape index (κ2) is 8.10. The lowest BCUT2D eigenvalue weighted by molar-refractivity contribution is -0.121. The van der Waals surface area contributed by atoms with Gasteiger partial charge in [-0.2, -0.15) is 5.10 Å². The van der Waals surface area contributed by atoms with E-state index in [2.05, 4.69) is 10.4 Å². The smallest absolute Gasteiger partial charge is 0.220 e. The monoisotopic (exact) mass is 375 g/mol. The van der Waals surface area contributed by atoms with E-state index in [0.29, 0.717) is 23.6 Å². The molecule has 3 rings (SSSR count). The maximum Gasteiger partial charge on any atom is 0.220 e. The van der Waals surface area contributed by atoms with E-state index < -0.39 is 11.6 Å². The fourth-order valence-electron chi connectivity index (χ4n) is 2.43. The lowest BCUT2D eigenvalue weighted by atomic mass is 10.1. The summed E-state index contributed by atoms with van der Waals surface area (Å²) in [6, 6.07) is 10.9. The van der Waals surface area contributed by atoms with E-state index in [1.807, 2.05) is 18.3 Å². The number of hydrogen-bond acceptors (Lipinski definition) is 2. The third-order valence-corrected chi connectivity index (χ3v) is 4.09. The van der Waals surface area contributed by atoms with Gasteiger partial charge in [0, 0.05) is 29.7 Å². The lowest BCUT2D eigenvalue weighted by Gasteiger charge is -2.04. The molecule has 0 unspecified atom stereocenters. The van der Waals surface area contributed by atoms with Crippen LogP contribution in [0.15, 0.2) is 54.9 Å². The molecule has 134 valence electrons. The number of carbonyl (C=O) groups is 1. The standard InChI is InChI=1S/C19H16ClF2N3O/c20-15-3-5-16(6-4-15)25-12-14(11-24-25)10-23-19(26)8-2-13-1-7-17(21)18(22)9-13/h1,3-7,9,11-12H,2,8,10H2,(H,23,26). The predicted octanol–water partition coefficient (Wildman–Crippen LogP) is 4.05. The Morgan fingerprint density at radius 1 is 1.08 bits per heavy atom. The highest BCUT2D eigenvalue weighted by molar-refractivity contribution is 6.30. The Hall–Kier alpha value is -2.73. The van der Waals surface area contributed by atoms with Crippen LogP contribution in [0, 0.1) is 11.6 Å².